The predicted molar refractivity (Wildman–Crippen MR) is 42.0 cm³/mol. The Labute approximate surface area is 95.3 Å². The van der Waals surface area contributed by atoms with E-state index in [1.54, 1.807) is 0 Å². The van der Waals surface area contributed by atoms with E-state index in [0.29, 0.717) is 0 Å². The average molecular weight is 201 g/mol. The minimum Gasteiger partial charge on any atom is -0.747 e. The third kappa shape index (κ3) is 3.55. The fourth-order valence-electron chi connectivity index (χ4n) is 0.593. The van der Waals surface area contributed by atoms with E-state index in [1.807, 2.05) is 0 Å². The molecule has 0 aromatic rings. The van der Waals surface area contributed by atoms with Crippen LogP contribution >= 0.6 is 0 Å². The van der Waals surface area contributed by atoms with Gasteiger partial charge in [-0.25, -0.2) is 8.42 Å². The van der Waals surface area contributed by atoms with Crippen molar-refractivity contribution in [3.8, 4) is 0 Å². The molecule has 12 heavy (non-hydrogen) atoms. The van der Waals surface area contributed by atoms with Crippen molar-refractivity contribution in [2.75, 3.05) is 6.54 Å². The van der Waals surface area contributed by atoms with Crippen molar-refractivity contribution in [3.05, 3.63) is 12.7 Å². The van der Waals surface area contributed by atoms with Gasteiger partial charge in [0.2, 0.25) is 0 Å². The van der Waals surface area contributed by atoms with Gasteiger partial charge >= 0.3 is 29.6 Å². The van der Waals surface area contributed by atoms with E-state index in [4.69, 9.17) is 5.73 Å². The maximum absolute atomic E-state index is 10.6. The zero-order valence-corrected chi connectivity index (χ0v) is 10.2. The van der Waals surface area contributed by atoms with Gasteiger partial charge in [-0.2, -0.15) is 0 Å². The molecule has 0 saturated heterocycles. The zero-order valence-electron chi connectivity index (χ0n) is 7.41. The molecule has 0 saturated carbocycles. The molecular formula is C6H12NNaO3S. The number of hydrogen-bond acceptors (Lipinski definition) is 4. The molecular weight excluding hydrogens is 189 g/mol. The van der Waals surface area contributed by atoms with Gasteiger partial charge in [0.25, 0.3) is 0 Å². The van der Waals surface area contributed by atoms with Crippen LogP contribution in [0.2, 0.25) is 0 Å². The summed E-state index contributed by atoms with van der Waals surface area (Å²) in [7, 11) is -4.32. The Kier molecular flexibility index (Phi) is 6.75. The first kappa shape index (κ1) is 15.1. The van der Waals surface area contributed by atoms with Crippen LogP contribution in [0, 0.1) is 0 Å². The normalized spacial score (nSPS) is 15.9. The van der Waals surface area contributed by atoms with Gasteiger partial charge in [-0.3, -0.25) is 0 Å². The third-order valence-corrected chi connectivity index (χ3v) is 3.15. The predicted octanol–water partition coefficient (Wildman–Crippen LogP) is -3.17. The van der Waals surface area contributed by atoms with Crippen LogP contribution in [-0.4, -0.2) is 24.3 Å². The van der Waals surface area contributed by atoms with Crippen LogP contribution in [0.4, 0.5) is 0 Å². The molecule has 4 nitrogen and oxygen atoms in total. The molecule has 0 aromatic heterocycles. The molecule has 1 unspecified atom stereocenters. The molecule has 0 aliphatic carbocycles. The third-order valence-electron chi connectivity index (χ3n) is 1.61. The molecule has 2 N–H and O–H groups in total. The largest absolute Gasteiger partial charge is 1.00 e. The fourth-order valence-corrected chi connectivity index (χ4v) is 1.12. The van der Waals surface area contributed by atoms with Gasteiger partial charge in [-0.15, -0.1) is 6.58 Å². The summed E-state index contributed by atoms with van der Waals surface area (Å²) in [5.74, 6) is 0. The van der Waals surface area contributed by atoms with Crippen molar-refractivity contribution < 1.29 is 42.5 Å². The second-order valence-electron chi connectivity index (χ2n) is 2.60. The van der Waals surface area contributed by atoms with Crippen LogP contribution in [0.25, 0.3) is 0 Å². The van der Waals surface area contributed by atoms with Gasteiger partial charge < -0.3 is 10.3 Å². The molecule has 0 amide bonds. The Balaban J connectivity index is 0. The van der Waals surface area contributed by atoms with Crippen LogP contribution < -0.4 is 35.3 Å². The quantitative estimate of drug-likeness (QED) is 0.295. The standard InChI is InChI=1S/C6H13NO3S.Na/c1-3-4-6(2,5-7)11(8,9)10;/h3H,1,4-5,7H2,2H3,(H,8,9,10);/q;+1/p-1. The number of nitrogens with two attached hydrogens (primary N) is 1. The van der Waals surface area contributed by atoms with Crippen molar-refractivity contribution in [2.24, 2.45) is 5.73 Å². The fraction of sp³-hybridized carbons (Fsp3) is 0.667. The van der Waals surface area contributed by atoms with E-state index >= 15 is 0 Å². The monoisotopic (exact) mass is 201 g/mol. The Morgan fingerprint density at radius 3 is 2.17 bits per heavy atom. The van der Waals surface area contributed by atoms with Crippen molar-refractivity contribution >= 4 is 10.1 Å². The Hall–Kier alpha value is 0.610. The molecule has 0 aliphatic rings. The average Bonchev–Trinajstić information content (AvgIpc) is 1.86. The molecule has 6 heteroatoms. The first-order valence-corrected chi connectivity index (χ1v) is 4.54. The van der Waals surface area contributed by atoms with Crippen LogP contribution in [0.15, 0.2) is 12.7 Å². The van der Waals surface area contributed by atoms with Gasteiger partial charge in [-0.05, 0) is 13.3 Å². The summed E-state index contributed by atoms with van der Waals surface area (Å²) in [6.45, 7) is 4.49. The summed E-state index contributed by atoms with van der Waals surface area (Å²) in [6, 6.07) is 0. The van der Waals surface area contributed by atoms with Gasteiger partial charge in [0.05, 0.1) is 4.75 Å². The molecule has 0 aliphatic heterocycles. The van der Waals surface area contributed by atoms with E-state index in [0.717, 1.165) is 0 Å². The van der Waals surface area contributed by atoms with Crippen molar-refractivity contribution in [1.82, 2.24) is 0 Å². The van der Waals surface area contributed by atoms with E-state index < -0.39 is 14.9 Å². The van der Waals surface area contributed by atoms with Gasteiger partial charge in [0, 0.05) is 6.54 Å². The van der Waals surface area contributed by atoms with Crippen molar-refractivity contribution in [3.63, 3.8) is 0 Å². The number of rotatable bonds is 4. The summed E-state index contributed by atoms with van der Waals surface area (Å²) >= 11 is 0. The molecule has 0 radical (unpaired) electrons. The van der Waals surface area contributed by atoms with E-state index in [-0.39, 0.29) is 42.5 Å². The number of hydrogen-bond donors (Lipinski definition) is 1. The number of allylic oxidation sites excluding steroid dienone is 1. The SMILES string of the molecule is C=CCC(C)(CN)S(=O)(=O)[O-].[Na+]. The zero-order chi connectivity index (χ0) is 9.12. The molecule has 0 rings (SSSR count). The minimum atomic E-state index is -4.32. The summed E-state index contributed by atoms with van der Waals surface area (Å²) in [5.41, 5.74) is 5.15. The van der Waals surface area contributed by atoms with E-state index in [2.05, 4.69) is 6.58 Å². The summed E-state index contributed by atoms with van der Waals surface area (Å²) in [4.78, 5) is 0. The van der Waals surface area contributed by atoms with Crippen LogP contribution in [0.5, 0.6) is 0 Å². The van der Waals surface area contributed by atoms with Crippen molar-refractivity contribution in [1.29, 1.82) is 0 Å². The van der Waals surface area contributed by atoms with Gasteiger partial charge in [-0.1, -0.05) is 6.08 Å². The van der Waals surface area contributed by atoms with Gasteiger partial charge in [0.15, 0.2) is 0 Å². The van der Waals surface area contributed by atoms with E-state index in [1.165, 1.54) is 13.0 Å². The molecule has 0 heterocycles. The van der Waals surface area contributed by atoms with E-state index in [9.17, 15) is 13.0 Å². The van der Waals surface area contributed by atoms with Crippen LogP contribution in [0.1, 0.15) is 13.3 Å². The second kappa shape index (κ2) is 5.36. The topological polar surface area (TPSA) is 83.2 Å². The maximum Gasteiger partial charge on any atom is 1.00 e. The summed E-state index contributed by atoms with van der Waals surface area (Å²) < 4.78 is 30.4. The Morgan fingerprint density at radius 2 is 2.08 bits per heavy atom. The molecule has 0 aromatic carbocycles. The molecule has 1 atom stereocenters. The Morgan fingerprint density at radius 1 is 1.67 bits per heavy atom. The summed E-state index contributed by atoms with van der Waals surface area (Å²) in [6.07, 6.45) is 1.47. The first-order chi connectivity index (χ1) is 4.87. The Bertz CT molecular complexity index is 239. The van der Waals surface area contributed by atoms with Gasteiger partial charge in [0.1, 0.15) is 10.1 Å². The maximum atomic E-state index is 10.6. The second-order valence-corrected chi connectivity index (χ2v) is 4.49. The minimum absolute atomic E-state index is 0. The molecule has 0 fully saturated rings. The smallest absolute Gasteiger partial charge is 0.747 e. The van der Waals surface area contributed by atoms with Crippen LogP contribution in [0.3, 0.4) is 0 Å². The summed E-state index contributed by atoms with van der Waals surface area (Å²) in [5, 5.41) is 0. The first-order valence-electron chi connectivity index (χ1n) is 3.14. The van der Waals surface area contributed by atoms with Crippen molar-refractivity contribution in [2.45, 2.75) is 18.1 Å². The molecule has 0 spiro atoms. The van der Waals surface area contributed by atoms with Crippen LogP contribution in [-0.2, 0) is 10.1 Å². The molecule has 66 valence electrons. The molecule has 0 bridgehead atoms.